The molecule has 2 aromatic rings. The van der Waals surface area contributed by atoms with Crippen LogP contribution in [0.25, 0.3) is 0 Å². The predicted octanol–water partition coefficient (Wildman–Crippen LogP) is 7.98. The topological polar surface area (TPSA) is 35.5 Å². The SMILES string of the molecule is C=CCOc1ccc(C2CCC(OC(=O)c3ccc(C4CCC(C)CC4)c(F)c3F)CC2)c(F)c1F. The van der Waals surface area contributed by atoms with Crippen LogP contribution in [0.1, 0.15) is 91.6 Å². The fraction of sp³-hybridized carbons (Fsp3) is 0.483. The molecule has 2 aromatic carbocycles. The average molecular weight is 505 g/mol. The van der Waals surface area contributed by atoms with E-state index >= 15 is 0 Å². The summed E-state index contributed by atoms with van der Waals surface area (Å²) in [6, 6.07) is 5.74. The van der Waals surface area contributed by atoms with Crippen molar-refractivity contribution in [3.8, 4) is 5.75 Å². The lowest BCUT2D eigenvalue weighted by Gasteiger charge is -2.29. The number of benzene rings is 2. The molecule has 2 fully saturated rings. The van der Waals surface area contributed by atoms with Gasteiger partial charge in [0.2, 0.25) is 5.82 Å². The minimum Gasteiger partial charge on any atom is -0.486 e. The van der Waals surface area contributed by atoms with Crippen LogP contribution in [-0.4, -0.2) is 18.7 Å². The molecule has 0 N–H and O–H groups in total. The van der Waals surface area contributed by atoms with Crippen LogP contribution >= 0.6 is 0 Å². The highest BCUT2D eigenvalue weighted by Gasteiger charge is 2.31. The molecule has 3 nitrogen and oxygen atoms in total. The van der Waals surface area contributed by atoms with Crippen molar-refractivity contribution in [3.63, 3.8) is 0 Å². The Kier molecular flexibility index (Phi) is 8.37. The molecular formula is C29H32F4O3. The highest BCUT2D eigenvalue weighted by atomic mass is 19.2. The first-order valence-corrected chi connectivity index (χ1v) is 12.7. The fourth-order valence-electron chi connectivity index (χ4n) is 5.44. The van der Waals surface area contributed by atoms with Gasteiger partial charge in [-0.25, -0.2) is 18.0 Å². The Morgan fingerprint density at radius 1 is 0.833 bits per heavy atom. The first-order chi connectivity index (χ1) is 17.3. The molecule has 36 heavy (non-hydrogen) atoms. The standard InChI is InChI=1S/C29H32F4O3/c1-3-16-35-24-15-14-22(26(31)28(24)33)19-8-10-20(11-9-19)36-29(34)23-13-12-21(25(30)27(23)32)18-6-4-17(2)5-7-18/h3,12-15,17-20H,1,4-11,16H2,2H3. The van der Waals surface area contributed by atoms with Gasteiger partial charge in [0.25, 0.3) is 0 Å². The molecule has 2 saturated carbocycles. The predicted molar refractivity (Wildman–Crippen MR) is 129 cm³/mol. The van der Waals surface area contributed by atoms with Crippen molar-refractivity contribution in [1.82, 2.24) is 0 Å². The van der Waals surface area contributed by atoms with E-state index < -0.39 is 40.9 Å². The molecule has 0 atom stereocenters. The number of hydrogen-bond acceptors (Lipinski definition) is 3. The second-order valence-electron chi connectivity index (χ2n) is 10.0. The number of rotatable bonds is 7. The Hall–Kier alpha value is -2.83. The van der Waals surface area contributed by atoms with Crippen molar-refractivity contribution in [2.45, 2.75) is 76.2 Å². The molecule has 0 amide bonds. The van der Waals surface area contributed by atoms with Gasteiger partial charge >= 0.3 is 5.97 Å². The highest BCUT2D eigenvalue weighted by molar-refractivity contribution is 5.90. The molecule has 0 aromatic heterocycles. The van der Waals surface area contributed by atoms with Crippen molar-refractivity contribution >= 4 is 5.97 Å². The molecule has 0 bridgehead atoms. The third-order valence-electron chi connectivity index (χ3n) is 7.61. The van der Waals surface area contributed by atoms with Crippen LogP contribution in [-0.2, 0) is 4.74 Å². The van der Waals surface area contributed by atoms with E-state index in [0.717, 1.165) is 25.7 Å². The van der Waals surface area contributed by atoms with Crippen molar-refractivity contribution in [2.75, 3.05) is 6.61 Å². The van der Waals surface area contributed by atoms with Gasteiger partial charge in [-0.15, -0.1) is 0 Å². The number of carbonyl (C=O) groups excluding carboxylic acids is 1. The smallest absolute Gasteiger partial charge is 0.341 e. The Morgan fingerprint density at radius 2 is 1.39 bits per heavy atom. The first-order valence-electron chi connectivity index (χ1n) is 12.7. The number of hydrogen-bond donors (Lipinski definition) is 0. The van der Waals surface area contributed by atoms with Crippen LogP contribution in [0.3, 0.4) is 0 Å². The van der Waals surface area contributed by atoms with E-state index in [1.54, 1.807) is 0 Å². The third-order valence-corrected chi connectivity index (χ3v) is 7.61. The van der Waals surface area contributed by atoms with E-state index in [9.17, 15) is 22.4 Å². The summed E-state index contributed by atoms with van der Waals surface area (Å²) in [5.41, 5.74) is 0.168. The third kappa shape index (κ3) is 5.60. The molecule has 2 aliphatic rings. The molecule has 4 rings (SSSR count). The minimum atomic E-state index is -1.17. The lowest BCUT2D eigenvalue weighted by atomic mass is 9.79. The highest BCUT2D eigenvalue weighted by Crippen LogP contribution is 2.39. The van der Waals surface area contributed by atoms with Gasteiger partial charge in [-0.05, 0) is 79.5 Å². The summed E-state index contributed by atoms with van der Waals surface area (Å²) in [4.78, 5) is 12.6. The Balaban J connectivity index is 1.36. The Morgan fingerprint density at radius 3 is 2.00 bits per heavy atom. The van der Waals surface area contributed by atoms with E-state index in [1.807, 2.05) is 0 Å². The largest absolute Gasteiger partial charge is 0.486 e. The molecule has 0 spiro atoms. The maximum absolute atomic E-state index is 14.8. The summed E-state index contributed by atoms with van der Waals surface area (Å²) in [6.07, 6.45) is 6.26. The zero-order valence-electron chi connectivity index (χ0n) is 20.5. The summed E-state index contributed by atoms with van der Waals surface area (Å²) in [5, 5.41) is 0. The van der Waals surface area contributed by atoms with Crippen molar-refractivity contribution < 1.29 is 31.8 Å². The average Bonchev–Trinajstić information content (AvgIpc) is 2.88. The molecule has 7 heteroatoms. The second-order valence-corrected chi connectivity index (χ2v) is 10.0. The normalized spacial score (nSPS) is 24.2. The van der Waals surface area contributed by atoms with E-state index in [4.69, 9.17) is 9.47 Å². The van der Waals surface area contributed by atoms with Gasteiger partial charge in [-0.3, -0.25) is 0 Å². The zero-order valence-corrected chi connectivity index (χ0v) is 20.5. The number of ether oxygens (including phenoxy) is 2. The van der Waals surface area contributed by atoms with Crippen molar-refractivity contribution in [3.05, 3.63) is 76.9 Å². The summed E-state index contributed by atoms with van der Waals surface area (Å²) < 4.78 is 69.2. The molecule has 0 saturated heterocycles. The second kappa shape index (κ2) is 11.5. The Labute approximate surface area is 209 Å². The lowest BCUT2D eigenvalue weighted by molar-refractivity contribution is 0.0188. The van der Waals surface area contributed by atoms with Gasteiger partial charge in [0.05, 0.1) is 5.56 Å². The van der Waals surface area contributed by atoms with Gasteiger partial charge in [0, 0.05) is 0 Å². The van der Waals surface area contributed by atoms with E-state index in [0.29, 0.717) is 37.2 Å². The summed E-state index contributed by atoms with van der Waals surface area (Å²) in [5.74, 6) is -4.87. The summed E-state index contributed by atoms with van der Waals surface area (Å²) >= 11 is 0. The van der Waals surface area contributed by atoms with Crippen LogP contribution < -0.4 is 4.74 Å². The van der Waals surface area contributed by atoms with Gasteiger partial charge in [-0.1, -0.05) is 44.6 Å². The van der Waals surface area contributed by atoms with Gasteiger partial charge in [0.15, 0.2) is 23.2 Å². The molecule has 2 aliphatic carbocycles. The quantitative estimate of drug-likeness (QED) is 0.218. The van der Waals surface area contributed by atoms with Crippen LogP contribution in [0.5, 0.6) is 5.75 Å². The van der Waals surface area contributed by atoms with Gasteiger partial charge < -0.3 is 9.47 Å². The number of halogens is 4. The number of carbonyl (C=O) groups is 1. The number of esters is 1. The fourth-order valence-corrected chi connectivity index (χ4v) is 5.44. The van der Waals surface area contributed by atoms with Crippen LogP contribution in [0.2, 0.25) is 0 Å². The zero-order chi connectivity index (χ0) is 25.8. The lowest BCUT2D eigenvalue weighted by Crippen LogP contribution is -2.25. The Bertz CT molecular complexity index is 1100. The monoisotopic (exact) mass is 504 g/mol. The summed E-state index contributed by atoms with van der Waals surface area (Å²) in [6.45, 7) is 5.71. The maximum atomic E-state index is 14.8. The first kappa shape index (κ1) is 26.2. The van der Waals surface area contributed by atoms with Crippen LogP contribution in [0.15, 0.2) is 36.9 Å². The molecule has 194 valence electrons. The van der Waals surface area contributed by atoms with Crippen molar-refractivity contribution in [2.24, 2.45) is 5.92 Å². The van der Waals surface area contributed by atoms with E-state index in [-0.39, 0.29) is 29.8 Å². The van der Waals surface area contributed by atoms with Crippen LogP contribution in [0, 0.1) is 29.2 Å². The molecule has 0 aliphatic heterocycles. The minimum absolute atomic E-state index is 0.0381. The van der Waals surface area contributed by atoms with Crippen molar-refractivity contribution in [1.29, 1.82) is 0 Å². The van der Waals surface area contributed by atoms with E-state index in [2.05, 4.69) is 13.5 Å². The van der Waals surface area contributed by atoms with Crippen LogP contribution in [0.4, 0.5) is 17.6 Å². The molecule has 0 radical (unpaired) electrons. The molecule has 0 unspecified atom stereocenters. The molecular weight excluding hydrogens is 472 g/mol. The van der Waals surface area contributed by atoms with Gasteiger partial charge in [0.1, 0.15) is 12.7 Å². The molecule has 0 heterocycles. The summed E-state index contributed by atoms with van der Waals surface area (Å²) in [7, 11) is 0. The van der Waals surface area contributed by atoms with E-state index in [1.165, 1.54) is 30.3 Å². The maximum Gasteiger partial charge on any atom is 0.341 e. The van der Waals surface area contributed by atoms with Gasteiger partial charge in [-0.2, -0.15) is 4.39 Å².